The van der Waals surface area contributed by atoms with Gasteiger partial charge in [-0.3, -0.25) is 4.79 Å². The van der Waals surface area contributed by atoms with Gasteiger partial charge in [-0.1, -0.05) is 26.0 Å². The molecule has 22 heavy (non-hydrogen) atoms. The number of carbonyl (C=O) groups is 2. The first-order chi connectivity index (χ1) is 10.3. The van der Waals surface area contributed by atoms with Gasteiger partial charge in [0.15, 0.2) is 0 Å². The molecule has 0 radical (unpaired) electrons. The van der Waals surface area contributed by atoms with E-state index in [0.717, 1.165) is 0 Å². The Morgan fingerprint density at radius 1 is 1.36 bits per heavy atom. The standard InChI is InChI=1S/C16H22FNO4/c1-10(2)7-14(19)15(20)18-13(16(21)22-3)9-11-5-4-6-12(17)8-11/h4-6,8,10,13-14,19H,7,9H2,1-3H3,(H,18,20)/t13-,14+/m1/s1. The molecule has 1 rings (SSSR count). The van der Waals surface area contributed by atoms with Crippen LogP contribution in [0.5, 0.6) is 0 Å². The molecule has 0 fully saturated rings. The third-order valence-corrected chi connectivity index (χ3v) is 3.13. The van der Waals surface area contributed by atoms with E-state index >= 15 is 0 Å². The SMILES string of the molecule is COC(=O)[C@@H](Cc1cccc(F)c1)NC(=O)[C@@H](O)CC(C)C. The zero-order valence-corrected chi connectivity index (χ0v) is 13.0. The number of ether oxygens (including phenoxy) is 1. The number of hydrogen-bond donors (Lipinski definition) is 2. The number of carbonyl (C=O) groups excluding carboxylic acids is 2. The first-order valence-electron chi connectivity index (χ1n) is 7.14. The van der Waals surface area contributed by atoms with Crippen LogP contribution in [0.15, 0.2) is 24.3 Å². The molecule has 6 heteroatoms. The fourth-order valence-electron chi connectivity index (χ4n) is 2.06. The van der Waals surface area contributed by atoms with Crippen molar-refractivity contribution in [1.29, 1.82) is 0 Å². The summed E-state index contributed by atoms with van der Waals surface area (Å²) in [4.78, 5) is 23.7. The number of esters is 1. The molecule has 0 unspecified atom stereocenters. The van der Waals surface area contributed by atoms with Crippen molar-refractivity contribution in [3.63, 3.8) is 0 Å². The van der Waals surface area contributed by atoms with Crippen LogP contribution in [0.3, 0.4) is 0 Å². The molecule has 1 aromatic rings. The zero-order valence-electron chi connectivity index (χ0n) is 13.0. The summed E-state index contributed by atoms with van der Waals surface area (Å²) in [5.41, 5.74) is 0.550. The lowest BCUT2D eigenvalue weighted by Gasteiger charge is -2.19. The molecule has 0 saturated carbocycles. The minimum absolute atomic E-state index is 0.0879. The molecule has 0 aliphatic rings. The Morgan fingerprint density at radius 2 is 2.05 bits per heavy atom. The third kappa shape index (κ3) is 5.81. The maximum atomic E-state index is 13.2. The van der Waals surface area contributed by atoms with E-state index in [1.807, 2.05) is 13.8 Å². The highest BCUT2D eigenvalue weighted by atomic mass is 19.1. The Balaban J connectivity index is 2.77. The lowest BCUT2D eigenvalue weighted by molar-refractivity contribution is -0.146. The van der Waals surface area contributed by atoms with Crippen molar-refractivity contribution in [2.45, 2.75) is 38.8 Å². The molecule has 122 valence electrons. The minimum Gasteiger partial charge on any atom is -0.467 e. The number of aliphatic hydroxyl groups excluding tert-OH is 1. The monoisotopic (exact) mass is 311 g/mol. The molecular formula is C16H22FNO4. The summed E-state index contributed by atoms with van der Waals surface area (Å²) in [6.07, 6.45) is -0.816. The normalized spacial score (nSPS) is 13.5. The Hall–Kier alpha value is -1.95. The van der Waals surface area contributed by atoms with Crippen LogP contribution in [0, 0.1) is 11.7 Å². The minimum atomic E-state index is -1.19. The van der Waals surface area contributed by atoms with Crippen LogP contribution < -0.4 is 5.32 Å². The van der Waals surface area contributed by atoms with E-state index in [9.17, 15) is 19.1 Å². The Labute approximate surface area is 129 Å². The first kappa shape index (κ1) is 18.1. The summed E-state index contributed by atoms with van der Waals surface area (Å²) in [7, 11) is 1.21. The van der Waals surface area contributed by atoms with Gasteiger partial charge in [0, 0.05) is 6.42 Å². The smallest absolute Gasteiger partial charge is 0.328 e. The fraction of sp³-hybridized carbons (Fsp3) is 0.500. The van der Waals surface area contributed by atoms with Crippen LogP contribution in [0.4, 0.5) is 4.39 Å². The van der Waals surface area contributed by atoms with E-state index < -0.39 is 29.8 Å². The van der Waals surface area contributed by atoms with Crippen molar-refractivity contribution in [2.24, 2.45) is 5.92 Å². The van der Waals surface area contributed by atoms with E-state index in [1.54, 1.807) is 6.07 Å². The van der Waals surface area contributed by atoms with Crippen molar-refractivity contribution >= 4 is 11.9 Å². The topological polar surface area (TPSA) is 75.6 Å². The van der Waals surface area contributed by atoms with Gasteiger partial charge in [0.1, 0.15) is 18.0 Å². The molecule has 1 amide bonds. The number of amides is 1. The number of nitrogens with one attached hydrogen (secondary N) is 1. The molecule has 1 aromatic carbocycles. The predicted octanol–water partition coefficient (Wildman–Crippen LogP) is 1.43. The number of benzene rings is 1. The van der Waals surface area contributed by atoms with Crippen molar-refractivity contribution < 1.29 is 23.8 Å². The van der Waals surface area contributed by atoms with E-state index in [-0.39, 0.29) is 12.3 Å². The Morgan fingerprint density at radius 3 is 2.59 bits per heavy atom. The molecule has 0 aliphatic carbocycles. The molecular weight excluding hydrogens is 289 g/mol. The van der Waals surface area contributed by atoms with Crippen LogP contribution in [-0.2, 0) is 20.7 Å². The van der Waals surface area contributed by atoms with Gasteiger partial charge in [-0.25, -0.2) is 9.18 Å². The second-order valence-corrected chi connectivity index (χ2v) is 5.56. The quantitative estimate of drug-likeness (QED) is 0.747. The fourth-order valence-corrected chi connectivity index (χ4v) is 2.06. The molecule has 2 N–H and O–H groups in total. The summed E-state index contributed by atoms with van der Waals surface area (Å²) in [6.45, 7) is 3.75. The lowest BCUT2D eigenvalue weighted by Crippen LogP contribution is -2.47. The molecule has 5 nitrogen and oxygen atoms in total. The predicted molar refractivity (Wildman–Crippen MR) is 79.5 cm³/mol. The van der Waals surface area contributed by atoms with Crippen LogP contribution in [0.2, 0.25) is 0 Å². The summed E-state index contributed by atoms with van der Waals surface area (Å²) in [5, 5.41) is 12.2. The molecule has 0 saturated heterocycles. The summed E-state index contributed by atoms with van der Waals surface area (Å²) in [6, 6.07) is 4.78. The maximum absolute atomic E-state index is 13.2. The van der Waals surface area contributed by atoms with Crippen LogP contribution in [-0.4, -0.2) is 36.2 Å². The molecule has 0 heterocycles. The third-order valence-electron chi connectivity index (χ3n) is 3.13. The lowest BCUT2D eigenvalue weighted by atomic mass is 10.0. The van der Waals surface area contributed by atoms with Gasteiger partial charge in [0.25, 0.3) is 0 Å². The van der Waals surface area contributed by atoms with Crippen molar-refractivity contribution in [1.82, 2.24) is 5.32 Å². The van der Waals surface area contributed by atoms with Crippen LogP contribution in [0.1, 0.15) is 25.8 Å². The molecule has 0 bridgehead atoms. The number of hydrogen-bond acceptors (Lipinski definition) is 4. The summed E-state index contributed by atoms with van der Waals surface area (Å²) >= 11 is 0. The first-order valence-corrected chi connectivity index (χ1v) is 7.14. The number of aliphatic hydroxyl groups is 1. The molecule has 0 aromatic heterocycles. The molecule has 2 atom stereocenters. The highest BCUT2D eigenvalue weighted by Crippen LogP contribution is 2.09. The second kappa shape index (κ2) is 8.48. The maximum Gasteiger partial charge on any atom is 0.328 e. The average molecular weight is 311 g/mol. The van der Waals surface area contributed by atoms with E-state index in [1.165, 1.54) is 25.3 Å². The number of halogens is 1. The average Bonchev–Trinajstić information content (AvgIpc) is 2.44. The molecule has 0 aliphatic heterocycles. The summed E-state index contributed by atoms with van der Waals surface area (Å²) < 4.78 is 17.8. The summed E-state index contributed by atoms with van der Waals surface area (Å²) in [5.74, 6) is -1.57. The highest BCUT2D eigenvalue weighted by molar-refractivity contribution is 5.86. The van der Waals surface area contributed by atoms with Gasteiger partial charge in [0.2, 0.25) is 5.91 Å². The van der Waals surface area contributed by atoms with Crippen molar-refractivity contribution in [3.8, 4) is 0 Å². The van der Waals surface area contributed by atoms with E-state index in [4.69, 9.17) is 0 Å². The zero-order chi connectivity index (χ0) is 16.7. The van der Waals surface area contributed by atoms with Gasteiger partial charge < -0.3 is 15.2 Å². The van der Waals surface area contributed by atoms with Gasteiger partial charge in [0.05, 0.1) is 7.11 Å². The van der Waals surface area contributed by atoms with E-state index in [0.29, 0.717) is 12.0 Å². The number of rotatable bonds is 7. The highest BCUT2D eigenvalue weighted by Gasteiger charge is 2.25. The van der Waals surface area contributed by atoms with Gasteiger partial charge in [-0.05, 0) is 30.0 Å². The Kier molecular flexibility index (Phi) is 6.98. The van der Waals surface area contributed by atoms with Gasteiger partial charge in [-0.2, -0.15) is 0 Å². The van der Waals surface area contributed by atoms with Crippen LogP contribution >= 0.6 is 0 Å². The van der Waals surface area contributed by atoms with E-state index in [2.05, 4.69) is 10.1 Å². The number of methoxy groups -OCH3 is 1. The van der Waals surface area contributed by atoms with Gasteiger partial charge in [-0.15, -0.1) is 0 Å². The Bertz CT molecular complexity index is 519. The largest absolute Gasteiger partial charge is 0.467 e. The van der Waals surface area contributed by atoms with Crippen LogP contribution in [0.25, 0.3) is 0 Å². The van der Waals surface area contributed by atoms with Crippen molar-refractivity contribution in [3.05, 3.63) is 35.6 Å². The molecule has 0 spiro atoms. The van der Waals surface area contributed by atoms with Gasteiger partial charge >= 0.3 is 5.97 Å². The second-order valence-electron chi connectivity index (χ2n) is 5.56. The van der Waals surface area contributed by atoms with Crippen molar-refractivity contribution in [2.75, 3.05) is 7.11 Å².